The van der Waals surface area contributed by atoms with E-state index in [0.29, 0.717) is 34.7 Å². The fourth-order valence-corrected chi connectivity index (χ4v) is 5.80. The number of hydrogen-bond acceptors (Lipinski definition) is 4. The fourth-order valence-electron chi connectivity index (χ4n) is 5.25. The van der Waals surface area contributed by atoms with E-state index < -0.39 is 5.85 Å². The predicted molar refractivity (Wildman–Crippen MR) is 147 cm³/mol. The summed E-state index contributed by atoms with van der Waals surface area (Å²) < 4.78 is 26.6. The molecular weight excluding hydrogens is 514 g/mol. The number of aromatic nitrogens is 1. The van der Waals surface area contributed by atoms with Gasteiger partial charge in [0.25, 0.3) is 0 Å². The zero-order valence-corrected chi connectivity index (χ0v) is 23.7. The summed E-state index contributed by atoms with van der Waals surface area (Å²) >= 11 is 13.6. The first-order chi connectivity index (χ1) is 17.4. The standard InChI is InChI=1S/C29H35Cl2FN2O3/c1-18-12-22(37-29(3,4)32)14-23-19(2)15-34(28(18)23)17-24-25(30)7-6-21(27(24)31)16-33-10-8-20(9-11-33)13-26(35)36-5/h6-7,12,14-15,20H,8-11,13,16-17H2,1-5H3. The van der Waals surface area contributed by atoms with Gasteiger partial charge in [-0.3, -0.25) is 9.69 Å². The maximum Gasteiger partial charge on any atom is 0.305 e. The Hall–Kier alpha value is -2.28. The third kappa shape index (κ3) is 6.60. The van der Waals surface area contributed by atoms with Gasteiger partial charge < -0.3 is 14.0 Å². The molecule has 2 heterocycles. The lowest BCUT2D eigenvalue weighted by Gasteiger charge is -2.32. The Morgan fingerprint density at radius 2 is 1.81 bits per heavy atom. The molecule has 2 aromatic carbocycles. The number of hydrogen-bond donors (Lipinski definition) is 0. The molecule has 0 radical (unpaired) electrons. The van der Waals surface area contributed by atoms with Crippen LogP contribution in [0, 0.1) is 19.8 Å². The van der Waals surface area contributed by atoms with Crippen LogP contribution in [0.2, 0.25) is 10.0 Å². The highest BCUT2D eigenvalue weighted by atomic mass is 35.5. The number of nitrogens with zero attached hydrogens (tertiary/aromatic N) is 2. The van der Waals surface area contributed by atoms with Crippen LogP contribution in [0.25, 0.3) is 10.9 Å². The van der Waals surface area contributed by atoms with E-state index in [2.05, 4.69) is 15.7 Å². The van der Waals surface area contributed by atoms with Gasteiger partial charge in [-0.2, -0.15) is 4.39 Å². The highest BCUT2D eigenvalue weighted by Crippen LogP contribution is 2.35. The number of piperidine rings is 1. The number of carbonyl (C=O) groups excluding carboxylic acids is 1. The minimum absolute atomic E-state index is 0.137. The second-order valence-corrected chi connectivity index (χ2v) is 11.3. The van der Waals surface area contributed by atoms with E-state index in [9.17, 15) is 9.18 Å². The van der Waals surface area contributed by atoms with Crippen LogP contribution < -0.4 is 4.74 Å². The summed E-state index contributed by atoms with van der Waals surface area (Å²) in [5.41, 5.74) is 5.02. The third-order valence-corrected chi connectivity index (χ3v) is 7.90. The number of ether oxygens (including phenoxy) is 2. The summed E-state index contributed by atoms with van der Waals surface area (Å²) in [4.78, 5) is 14.0. The van der Waals surface area contributed by atoms with Crippen molar-refractivity contribution in [2.24, 2.45) is 5.92 Å². The number of alkyl halides is 1. The Balaban J connectivity index is 1.54. The maximum absolute atomic E-state index is 14.1. The molecule has 0 amide bonds. The lowest BCUT2D eigenvalue weighted by atomic mass is 9.93. The van der Waals surface area contributed by atoms with Crippen LogP contribution in [0.5, 0.6) is 5.75 Å². The first kappa shape index (κ1) is 27.7. The van der Waals surface area contributed by atoms with Gasteiger partial charge in [-0.15, -0.1) is 0 Å². The van der Waals surface area contributed by atoms with Crippen molar-refractivity contribution in [3.8, 4) is 5.75 Å². The van der Waals surface area contributed by atoms with E-state index in [1.54, 1.807) is 0 Å². The third-order valence-electron chi connectivity index (χ3n) is 7.07. The highest BCUT2D eigenvalue weighted by molar-refractivity contribution is 6.36. The van der Waals surface area contributed by atoms with E-state index in [-0.39, 0.29) is 5.97 Å². The Morgan fingerprint density at radius 3 is 2.46 bits per heavy atom. The summed E-state index contributed by atoms with van der Waals surface area (Å²) in [6.07, 6.45) is 4.49. The average molecular weight is 550 g/mol. The van der Waals surface area contributed by atoms with Crippen LogP contribution in [0.4, 0.5) is 4.39 Å². The largest absolute Gasteiger partial charge is 0.469 e. The number of likely N-dealkylation sites (tertiary alicyclic amines) is 1. The van der Waals surface area contributed by atoms with Crippen molar-refractivity contribution >= 4 is 40.1 Å². The van der Waals surface area contributed by atoms with Gasteiger partial charge in [-0.25, -0.2) is 0 Å². The van der Waals surface area contributed by atoms with Crippen LogP contribution >= 0.6 is 23.2 Å². The molecule has 1 aliphatic heterocycles. The molecule has 5 nitrogen and oxygen atoms in total. The minimum Gasteiger partial charge on any atom is -0.469 e. The van der Waals surface area contributed by atoms with Crippen molar-refractivity contribution < 1.29 is 18.7 Å². The lowest BCUT2D eigenvalue weighted by molar-refractivity contribution is -0.142. The molecule has 37 heavy (non-hydrogen) atoms. The van der Waals surface area contributed by atoms with Gasteiger partial charge in [-0.05, 0) is 80.6 Å². The highest BCUT2D eigenvalue weighted by Gasteiger charge is 2.24. The van der Waals surface area contributed by atoms with Gasteiger partial charge in [0.05, 0.1) is 24.2 Å². The molecule has 1 aromatic heterocycles. The van der Waals surface area contributed by atoms with Crippen LogP contribution in [0.1, 0.15) is 55.4 Å². The molecule has 0 aliphatic carbocycles. The van der Waals surface area contributed by atoms with Crippen molar-refractivity contribution in [2.45, 2.75) is 65.9 Å². The normalized spacial score (nSPS) is 15.4. The van der Waals surface area contributed by atoms with Crippen molar-refractivity contribution in [2.75, 3.05) is 20.2 Å². The van der Waals surface area contributed by atoms with E-state index in [1.807, 2.05) is 38.1 Å². The predicted octanol–water partition coefficient (Wildman–Crippen LogP) is 7.47. The van der Waals surface area contributed by atoms with Crippen LogP contribution in [-0.2, 0) is 22.6 Å². The molecule has 8 heteroatoms. The molecule has 1 saturated heterocycles. The van der Waals surface area contributed by atoms with Gasteiger partial charge in [0.15, 0.2) is 0 Å². The molecule has 1 fully saturated rings. The summed E-state index contributed by atoms with van der Waals surface area (Å²) in [7, 11) is 1.44. The SMILES string of the molecule is COC(=O)CC1CCN(Cc2ccc(Cl)c(Cn3cc(C)c4cc(OC(C)(C)F)cc(C)c43)c2Cl)CC1. The van der Waals surface area contributed by atoms with Crippen LogP contribution in [-0.4, -0.2) is 41.5 Å². The van der Waals surface area contributed by atoms with Crippen LogP contribution in [0.15, 0.2) is 30.5 Å². The smallest absolute Gasteiger partial charge is 0.305 e. The number of rotatable bonds is 8. The summed E-state index contributed by atoms with van der Waals surface area (Å²) in [5, 5.41) is 2.32. The van der Waals surface area contributed by atoms with E-state index in [4.69, 9.17) is 32.7 Å². The van der Waals surface area contributed by atoms with E-state index >= 15 is 0 Å². The van der Waals surface area contributed by atoms with Gasteiger partial charge in [0, 0.05) is 49.0 Å². The van der Waals surface area contributed by atoms with Gasteiger partial charge >= 0.3 is 5.97 Å². The molecule has 0 bridgehead atoms. The van der Waals surface area contributed by atoms with E-state index in [1.165, 1.54) is 21.0 Å². The number of carbonyl (C=O) groups is 1. The quantitative estimate of drug-likeness (QED) is 0.274. The number of aryl methyl sites for hydroxylation is 2. The maximum atomic E-state index is 14.1. The summed E-state index contributed by atoms with van der Waals surface area (Å²) in [6.45, 7) is 9.91. The molecule has 0 saturated carbocycles. The molecule has 4 rings (SSSR count). The van der Waals surface area contributed by atoms with Crippen molar-refractivity contribution in [3.63, 3.8) is 0 Å². The minimum atomic E-state index is -1.76. The first-order valence-corrected chi connectivity index (χ1v) is 13.4. The zero-order chi connectivity index (χ0) is 26.9. The van der Waals surface area contributed by atoms with Gasteiger partial charge in [-0.1, -0.05) is 29.3 Å². The molecule has 1 aliphatic rings. The Kier molecular flexibility index (Phi) is 8.41. The topological polar surface area (TPSA) is 43.7 Å². The molecule has 3 aromatic rings. The average Bonchev–Trinajstić information content (AvgIpc) is 3.14. The van der Waals surface area contributed by atoms with E-state index in [0.717, 1.165) is 65.6 Å². The molecule has 0 spiro atoms. The molecule has 0 atom stereocenters. The van der Waals surface area contributed by atoms with Crippen molar-refractivity contribution in [3.05, 3.63) is 62.8 Å². The van der Waals surface area contributed by atoms with Crippen molar-refractivity contribution in [1.82, 2.24) is 9.47 Å². The molecular formula is C29H35Cl2FN2O3. The lowest BCUT2D eigenvalue weighted by Crippen LogP contribution is -2.34. The Morgan fingerprint density at radius 1 is 1.11 bits per heavy atom. The number of fused-ring (bicyclic) bond motifs is 1. The number of benzene rings is 2. The van der Waals surface area contributed by atoms with Gasteiger partial charge in [0.2, 0.25) is 5.85 Å². The monoisotopic (exact) mass is 548 g/mol. The van der Waals surface area contributed by atoms with Crippen molar-refractivity contribution in [1.29, 1.82) is 0 Å². The second-order valence-electron chi connectivity index (χ2n) is 10.5. The molecule has 0 unspecified atom stereocenters. The zero-order valence-electron chi connectivity index (χ0n) is 22.2. The Bertz CT molecular complexity index is 1290. The first-order valence-electron chi connectivity index (χ1n) is 12.7. The number of esters is 1. The number of halogens is 3. The second kappa shape index (κ2) is 11.2. The Labute approximate surface area is 228 Å². The summed E-state index contributed by atoms with van der Waals surface area (Å²) in [6, 6.07) is 7.67. The molecule has 200 valence electrons. The number of methoxy groups -OCH3 is 1. The van der Waals surface area contributed by atoms with Crippen LogP contribution in [0.3, 0.4) is 0 Å². The fraction of sp³-hybridized carbons (Fsp3) is 0.483. The van der Waals surface area contributed by atoms with Gasteiger partial charge in [0.1, 0.15) is 5.75 Å². The summed E-state index contributed by atoms with van der Waals surface area (Å²) in [5.74, 6) is -1.02. The molecule has 0 N–H and O–H groups in total.